The maximum absolute atomic E-state index is 13.5. The van der Waals surface area contributed by atoms with E-state index in [2.05, 4.69) is 21.3 Å². The molecule has 2 aromatic rings. The Morgan fingerprint density at radius 1 is 1.27 bits per heavy atom. The van der Waals surface area contributed by atoms with Gasteiger partial charge in [-0.25, -0.2) is 4.98 Å². The second-order valence-electron chi connectivity index (χ2n) is 7.19. The molecular formula is C21H25N3O2. The molecule has 1 aromatic carbocycles. The zero-order valence-electron chi connectivity index (χ0n) is 15.4. The predicted molar refractivity (Wildman–Crippen MR) is 101 cm³/mol. The molecule has 5 nitrogen and oxygen atoms in total. The number of pyridine rings is 1. The average molecular weight is 351 g/mol. The Kier molecular flexibility index (Phi) is 4.31. The molecule has 1 saturated heterocycles. The first kappa shape index (κ1) is 16.9. The van der Waals surface area contributed by atoms with Crippen molar-refractivity contribution in [2.45, 2.75) is 37.1 Å². The summed E-state index contributed by atoms with van der Waals surface area (Å²) in [6, 6.07) is 12.2. The van der Waals surface area contributed by atoms with Gasteiger partial charge in [-0.15, -0.1) is 0 Å². The molecular weight excluding hydrogens is 326 g/mol. The van der Waals surface area contributed by atoms with Crippen LogP contribution in [-0.4, -0.2) is 36.5 Å². The highest BCUT2D eigenvalue weighted by molar-refractivity contribution is 5.92. The zero-order valence-corrected chi connectivity index (χ0v) is 15.4. The quantitative estimate of drug-likeness (QED) is 0.895. The van der Waals surface area contributed by atoms with Crippen molar-refractivity contribution in [2.24, 2.45) is 0 Å². The van der Waals surface area contributed by atoms with Crippen LogP contribution in [0.1, 0.15) is 42.9 Å². The fourth-order valence-electron chi connectivity index (χ4n) is 4.08. The van der Waals surface area contributed by atoms with Gasteiger partial charge in [-0.1, -0.05) is 12.1 Å². The number of ether oxygens (including phenoxy) is 1. The van der Waals surface area contributed by atoms with Crippen LogP contribution in [0.25, 0.3) is 0 Å². The van der Waals surface area contributed by atoms with Crippen molar-refractivity contribution in [1.82, 2.24) is 9.88 Å². The van der Waals surface area contributed by atoms with E-state index in [0.717, 1.165) is 49.4 Å². The van der Waals surface area contributed by atoms with Gasteiger partial charge in [0.1, 0.15) is 11.6 Å². The lowest BCUT2D eigenvalue weighted by Crippen LogP contribution is -2.38. The third kappa shape index (κ3) is 2.81. The number of likely N-dealkylation sites (tertiary alicyclic amines) is 1. The SMILES string of the molecule is CNc1cc([C@@H]2CCCN2C(=O)C2(c3ccc(OC)cc3)CC2)ccn1. The Labute approximate surface area is 154 Å². The van der Waals surface area contributed by atoms with Crippen molar-refractivity contribution >= 4 is 11.7 Å². The molecule has 1 aliphatic carbocycles. The van der Waals surface area contributed by atoms with Crippen LogP contribution in [-0.2, 0) is 10.2 Å². The minimum Gasteiger partial charge on any atom is -0.497 e. The Bertz CT molecular complexity index is 799. The van der Waals surface area contributed by atoms with Crippen LogP contribution in [0.3, 0.4) is 0 Å². The summed E-state index contributed by atoms with van der Waals surface area (Å²) < 4.78 is 5.25. The molecule has 1 aliphatic heterocycles. The van der Waals surface area contributed by atoms with E-state index >= 15 is 0 Å². The first-order chi connectivity index (χ1) is 12.7. The minimum atomic E-state index is -0.340. The number of carbonyl (C=O) groups excluding carboxylic acids is 1. The number of aromatic nitrogens is 1. The van der Waals surface area contributed by atoms with E-state index in [-0.39, 0.29) is 17.4 Å². The molecule has 26 heavy (non-hydrogen) atoms. The van der Waals surface area contributed by atoms with Crippen LogP contribution in [0.4, 0.5) is 5.82 Å². The summed E-state index contributed by atoms with van der Waals surface area (Å²) in [7, 11) is 3.53. The first-order valence-corrected chi connectivity index (χ1v) is 9.27. The van der Waals surface area contributed by atoms with Crippen molar-refractivity contribution in [3.63, 3.8) is 0 Å². The molecule has 5 heteroatoms. The number of anilines is 1. The lowest BCUT2D eigenvalue weighted by atomic mass is 9.93. The van der Waals surface area contributed by atoms with Gasteiger partial charge in [-0.3, -0.25) is 4.79 Å². The molecule has 2 heterocycles. The van der Waals surface area contributed by atoms with E-state index in [1.165, 1.54) is 5.56 Å². The van der Waals surface area contributed by atoms with E-state index in [1.807, 2.05) is 43.6 Å². The van der Waals surface area contributed by atoms with Gasteiger partial charge >= 0.3 is 0 Å². The number of nitrogens with zero attached hydrogens (tertiary/aromatic N) is 2. The van der Waals surface area contributed by atoms with Crippen molar-refractivity contribution in [2.75, 3.05) is 26.0 Å². The molecule has 1 saturated carbocycles. The number of methoxy groups -OCH3 is 1. The average Bonchev–Trinajstić information content (AvgIpc) is 3.37. The molecule has 1 aromatic heterocycles. The van der Waals surface area contributed by atoms with Gasteiger partial charge in [0.2, 0.25) is 5.91 Å². The van der Waals surface area contributed by atoms with Crippen LogP contribution in [0, 0.1) is 0 Å². The molecule has 2 aliphatic rings. The normalized spacial score (nSPS) is 20.7. The number of hydrogen-bond donors (Lipinski definition) is 1. The standard InChI is InChI=1S/C21H25N3O2/c1-22-19-14-15(9-12-23-19)18-4-3-13-24(18)20(25)21(10-11-21)16-5-7-17(26-2)8-6-16/h5-9,12,14,18H,3-4,10-11,13H2,1-2H3,(H,22,23)/t18-/m0/s1. The van der Waals surface area contributed by atoms with Crippen LogP contribution < -0.4 is 10.1 Å². The van der Waals surface area contributed by atoms with Gasteiger partial charge < -0.3 is 15.0 Å². The van der Waals surface area contributed by atoms with Crippen LogP contribution in [0.15, 0.2) is 42.6 Å². The van der Waals surface area contributed by atoms with Crippen molar-refractivity contribution < 1.29 is 9.53 Å². The predicted octanol–water partition coefficient (Wildman–Crippen LogP) is 3.53. The topological polar surface area (TPSA) is 54.5 Å². The van der Waals surface area contributed by atoms with Crippen molar-refractivity contribution in [1.29, 1.82) is 0 Å². The molecule has 1 amide bonds. The summed E-state index contributed by atoms with van der Waals surface area (Å²) in [5.41, 5.74) is 1.94. The number of benzene rings is 1. The molecule has 2 fully saturated rings. The fraction of sp³-hybridized carbons (Fsp3) is 0.429. The van der Waals surface area contributed by atoms with Gasteiger partial charge in [0.15, 0.2) is 0 Å². The van der Waals surface area contributed by atoms with Crippen LogP contribution in [0.5, 0.6) is 5.75 Å². The van der Waals surface area contributed by atoms with E-state index in [4.69, 9.17) is 4.74 Å². The second-order valence-corrected chi connectivity index (χ2v) is 7.19. The third-order valence-electron chi connectivity index (χ3n) is 5.74. The van der Waals surface area contributed by atoms with E-state index in [1.54, 1.807) is 7.11 Å². The zero-order chi connectivity index (χ0) is 18.1. The second kappa shape index (κ2) is 6.63. The summed E-state index contributed by atoms with van der Waals surface area (Å²) in [6.45, 7) is 0.832. The van der Waals surface area contributed by atoms with E-state index < -0.39 is 0 Å². The van der Waals surface area contributed by atoms with Crippen LogP contribution in [0.2, 0.25) is 0 Å². The van der Waals surface area contributed by atoms with Gasteiger partial charge in [0, 0.05) is 19.8 Å². The summed E-state index contributed by atoms with van der Waals surface area (Å²) in [4.78, 5) is 19.9. The molecule has 4 rings (SSSR count). The largest absolute Gasteiger partial charge is 0.497 e. The maximum Gasteiger partial charge on any atom is 0.233 e. The summed E-state index contributed by atoms with van der Waals surface area (Å²) in [5.74, 6) is 1.94. The molecule has 1 atom stereocenters. The van der Waals surface area contributed by atoms with Gasteiger partial charge in [-0.05, 0) is 61.1 Å². The lowest BCUT2D eigenvalue weighted by Gasteiger charge is -2.29. The van der Waals surface area contributed by atoms with Crippen LogP contribution >= 0.6 is 0 Å². The number of amides is 1. The van der Waals surface area contributed by atoms with Crippen molar-refractivity contribution in [3.8, 4) is 5.75 Å². The first-order valence-electron chi connectivity index (χ1n) is 9.27. The Balaban J connectivity index is 1.60. The highest BCUT2D eigenvalue weighted by atomic mass is 16.5. The lowest BCUT2D eigenvalue weighted by molar-refractivity contribution is -0.135. The summed E-state index contributed by atoms with van der Waals surface area (Å²) in [6.07, 6.45) is 5.74. The third-order valence-corrected chi connectivity index (χ3v) is 5.74. The van der Waals surface area contributed by atoms with Crippen molar-refractivity contribution in [3.05, 3.63) is 53.7 Å². The van der Waals surface area contributed by atoms with E-state index in [0.29, 0.717) is 0 Å². The highest BCUT2D eigenvalue weighted by Crippen LogP contribution is 2.51. The number of carbonyl (C=O) groups is 1. The number of rotatable bonds is 5. The monoisotopic (exact) mass is 351 g/mol. The number of hydrogen-bond acceptors (Lipinski definition) is 4. The summed E-state index contributed by atoms with van der Waals surface area (Å²) >= 11 is 0. The Morgan fingerprint density at radius 2 is 2.04 bits per heavy atom. The van der Waals surface area contributed by atoms with Gasteiger partial charge in [0.05, 0.1) is 18.6 Å². The molecule has 1 N–H and O–H groups in total. The minimum absolute atomic E-state index is 0.147. The summed E-state index contributed by atoms with van der Waals surface area (Å²) in [5, 5.41) is 3.09. The molecule has 0 spiro atoms. The Morgan fingerprint density at radius 3 is 2.69 bits per heavy atom. The van der Waals surface area contributed by atoms with Gasteiger partial charge in [0.25, 0.3) is 0 Å². The molecule has 136 valence electrons. The molecule has 0 radical (unpaired) electrons. The number of nitrogens with one attached hydrogen (secondary N) is 1. The highest BCUT2D eigenvalue weighted by Gasteiger charge is 2.54. The molecule has 0 unspecified atom stereocenters. The fourth-order valence-corrected chi connectivity index (χ4v) is 4.08. The van der Waals surface area contributed by atoms with E-state index in [9.17, 15) is 4.79 Å². The van der Waals surface area contributed by atoms with Gasteiger partial charge in [-0.2, -0.15) is 0 Å². The smallest absolute Gasteiger partial charge is 0.233 e. The maximum atomic E-state index is 13.5. The Hall–Kier alpha value is -2.56. The molecule has 0 bridgehead atoms.